The molecule has 4 aromatic rings. The standard InChI is InChI=1S/C33H34/c1-21(2)25-12-13-27-17-23(9-11-28(27)19-25)7-8-24-10-15-29-30-16-14-26(22(3)4)20-32(30)33(5,6)31(29)18-24/h7-22H,1-6H3. The third-order valence-corrected chi connectivity index (χ3v) is 7.41. The Morgan fingerprint density at radius 3 is 1.73 bits per heavy atom. The van der Waals surface area contributed by atoms with E-state index in [2.05, 4.69) is 126 Å². The highest BCUT2D eigenvalue weighted by molar-refractivity contribution is 5.87. The van der Waals surface area contributed by atoms with Crippen molar-refractivity contribution in [2.24, 2.45) is 0 Å². The Balaban J connectivity index is 1.46. The lowest BCUT2D eigenvalue weighted by Crippen LogP contribution is -2.15. The summed E-state index contributed by atoms with van der Waals surface area (Å²) >= 11 is 0. The van der Waals surface area contributed by atoms with E-state index in [4.69, 9.17) is 0 Å². The highest BCUT2D eigenvalue weighted by Gasteiger charge is 2.35. The second-order valence-corrected chi connectivity index (χ2v) is 10.7. The van der Waals surface area contributed by atoms with Crippen LogP contribution >= 0.6 is 0 Å². The van der Waals surface area contributed by atoms with E-state index >= 15 is 0 Å². The Morgan fingerprint density at radius 2 is 1.03 bits per heavy atom. The summed E-state index contributed by atoms with van der Waals surface area (Å²) in [7, 11) is 0. The first-order valence-electron chi connectivity index (χ1n) is 12.2. The molecular formula is C33H34. The van der Waals surface area contributed by atoms with Crippen molar-refractivity contribution in [3.05, 3.63) is 106 Å². The van der Waals surface area contributed by atoms with Crippen LogP contribution < -0.4 is 0 Å². The van der Waals surface area contributed by atoms with Crippen molar-refractivity contribution in [2.75, 3.05) is 0 Å². The average Bonchev–Trinajstić information content (AvgIpc) is 3.03. The van der Waals surface area contributed by atoms with Crippen molar-refractivity contribution in [3.8, 4) is 11.1 Å². The molecule has 4 aromatic carbocycles. The molecule has 0 heteroatoms. The number of fused-ring (bicyclic) bond motifs is 4. The molecule has 0 saturated carbocycles. The van der Waals surface area contributed by atoms with Gasteiger partial charge < -0.3 is 0 Å². The molecule has 0 aromatic heterocycles. The molecule has 0 N–H and O–H groups in total. The zero-order valence-electron chi connectivity index (χ0n) is 20.7. The van der Waals surface area contributed by atoms with Gasteiger partial charge in [0.05, 0.1) is 0 Å². The zero-order chi connectivity index (χ0) is 23.3. The molecular weight excluding hydrogens is 396 g/mol. The van der Waals surface area contributed by atoms with Gasteiger partial charge in [0.15, 0.2) is 0 Å². The van der Waals surface area contributed by atoms with E-state index in [9.17, 15) is 0 Å². The van der Waals surface area contributed by atoms with Crippen molar-refractivity contribution in [1.29, 1.82) is 0 Å². The Morgan fingerprint density at radius 1 is 0.545 bits per heavy atom. The molecule has 0 atom stereocenters. The zero-order valence-corrected chi connectivity index (χ0v) is 20.7. The second kappa shape index (κ2) is 8.03. The number of hydrogen-bond donors (Lipinski definition) is 0. The van der Waals surface area contributed by atoms with Gasteiger partial charge in [-0.15, -0.1) is 0 Å². The molecule has 0 fully saturated rings. The lowest BCUT2D eigenvalue weighted by atomic mass is 9.81. The molecule has 0 saturated heterocycles. The lowest BCUT2D eigenvalue weighted by molar-refractivity contribution is 0.658. The number of rotatable bonds is 4. The van der Waals surface area contributed by atoms with Crippen molar-refractivity contribution in [1.82, 2.24) is 0 Å². The quantitative estimate of drug-likeness (QED) is 0.283. The van der Waals surface area contributed by atoms with Crippen molar-refractivity contribution in [3.63, 3.8) is 0 Å². The van der Waals surface area contributed by atoms with Crippen LogP contribution in [-0.4, -0.2) is 0 Å². The van der Waals surface area contributed by atoms with E-state index in [1.54, 1.807) is 0 Å². The number of hydrogen-bond acceptors (Lipinski definition) is 0. The first kappa shape index (κ1) is 21.7. The summed E-state index contributed by atoms with van der Waals surface area (Å²) in [4.78, 5) is 0. The van der Waals surface area contributed by atoms with Crippen LogP contribution in [0.5, 0.6) is 0 Å². The minimum absolute atomic E-state index is 0.0243. The first-order chi connectivity index (χ1) is 15.7. The monoisotopic (exact) mass is 430 g/mol. The fourth-order valence-corrected chi connectivity index (χ4v) is 5.17. The topological polar surface area (TPSA) is 0 Å². The maximum absolute atomic E-state index is 2.43. The maximum atomic E-state index is 2.43. The SMILES string of the molecule is CC(C)c1ccc2c(c1)C(C)(C)c1cc(C=Cc3ccc4cc(C(C)C)ccc4c3)ccc1-2. The van der Waals surface area contributed by atoms with Gasteiger partial charge in [0, 0.05) is 5.41 Å². The van der Waals surface area contributed by atoms with E-state index in [0.29, 0.717) is 11.8 Å². The maximum Gasteiger partial charge on any atom is 0.0159 e. The molecule has 0 radical (unpaired) electrons. The summed E-state index contributed by atoms with van der Waals surface area (Å²) in [6.45, 7) is 13.8. The van der Waals surface area contributed by atoms with Crippen LogP contribution in [0.3, 0.4) is 0 Å². The molecule has 0 bridgehead atoms. The van der Waals surface area contributed by atoms with Gasteiger partial charge in [-0.05, 0) is 73.2 Å². The van der Waals surface area contributed by atoms with Gasteiger partial charge in [-0.2, -0.15) is 0 Å². The molecule has 0 aliphatic heterocycles. The molecule has 166 valence electrons. The number of benzene rings is 4. The Bertz CT molecular complexity index is 1380. The van der Waals surface area contributed by atoms with Crippen LogP contribution in [0.15, 0.2) is 72.8 Å². The summed E-state index contributed by atoms with van der Waals surface area (Å²) in [6, 6.07) is 27.6. The van der Waals surface area contributed by atoms with Gasteiger partial charge in [-0.3, -0.25) is 0 Å². The van der Waals surface area contributed by atoms with Gasteiger partial charge in [0.25, 0.3) is 0 Å². The van der Waals surface area contributed by atoms with E-state index < -0.39 is 0 Å². The average molecular weight is 431 g/mol. The fourth-order valence-electron chi connectivity index (χ4n) is 5.17. The molecule has 0 amide bonds. The molecule has 0 unspecified atom stereocenters. The summed E-state index contributed by atoms with van der Waals surface area (Å²) in [5.41, 5.74) is 11.0. The highest BCUT2D eigenvalue weighted by Crippen LogP contribution is 2.49. The van der Waals surface area contributed by atoms with E-state index in [-0.39, 0.29) is 5.41 Å². The molecule has 0 nitrogen and oxygen atoms in total. The predicted octanol–water partition coefficient (Wildman–Crippen LogP) is 9.56. The van der Waals surface area contributed by atoms with Crippen LogP contribution in [0.2, 0.25) is 0 Å². The largest absolute Gasteiger partial charge is 0.0587 e. The smallest absolute Gasteiger partial charge is 0.0159 e. The molecule has 1 aliphatic carbocycles. The fraction of sp³-hybridized carbons (Fsp3) is 0.273. The minimum atomic E-state index is 0.0243. The molecule has 5 rings (SSSR count). The highest BCUT2D eigenvalue weighted by atomic mass is 14.4. The molecule has 0 spiro atoms. The van der Waals surface area contributed by atoms with Gasteiger partial charge in [-0.1, -0.05) is 120 Å². The van der Waals surface area contributed by atoms with Gasteiger partial charge in [0.2, 0.25) is 0 Å². The van der Waals surface area contributed by atoms with Gasteiger partial charge >= 0.3 is 0 Å². The third kappa shape index (κ3) is 3.82. The van der Waals surface area contributed by atoms with E-state index in [1.807, 2.05) is 0 Å². The Labute approximate surface area is 199 Å². The minimum Gasteiger partial charge on any atom is -0.0587 e. The Hall–Kier alpha value is -3.12. The van der Waals surface area contributed by atoms with Crippen LogP contribution in [0.4, 0.5) is 0 Å². The first-order valence-corrected chi connectivity index (χ1v) is 12.2. The third-order valence-electron chi connectivity index (χ3n) is 7.41. The molecule has 0 heterocycles. The summed E-state index contributed by atoms with van der Waals surface area (Å²) in [5.74, 6) is 1.10. The summed E-state index contributed by atoms with van der Waals surface area (Å²) < 4.78 is 0. The summed E-state index contributed by atoms with van der Waals surface area (Å²) in [5, 5.41) is 2.62. The van der Waals surface area contributed by atoms with E-state index in [0.717, 1.165) is 0 Å². The van der Waals surface area contributed by atoms with Crippen LogP contribution in [0.1, 0.15) is 86.8 Å². The van der Waals surface area contributed by atoms with Crippen LogP contribution in [0.25, 0.3) is 34.1 Å². The predicted molar refractivity (Wildman–Crippen MR) is 145 cm³/mol. The Kier molecular flexibility index (Phi) is 5.28. The van der Waals surface area contributed by atoms with Crippen molar-refractivity contribution >= 4 is 22.9 Å². The molecule has 1 aliphatic rings. The van der Waals surface area contributed by atoms with Gasteiger partial charge in [0.1, 0.15) is 0 Å². The van der Waals surface area contributed by atoms with Crippen LogP contribution in [-0.2, 0) is 5.41 Å². The van der Waals surface area contributed by atoms with Crippen molar-refractivity contribution in [2.45, 2.75) is 58.8 Å². The van der Waals surface area contributed by atoms with Crippen LogP contribution in [0, 0.1) is 0 Å². The summed E-state index contributed by atoms with van der Waals surface area (Å²) in [6.07, 6.45) is 4.49. The van der Waals surface area contributed by atoms with Crippen molar-refractivity contribution < 1.29 is 0 Å². The second-order valence-electron chi connectivity index (χ2n) is 10.7. The normalized spacial score (nSPS) is 14.4. The van der Waals surface area contributed by atoms with E-state index in [1.165, 1.54) is 55.3 Å². The van der Waals surface area contributed by atoms with Gasteiger partial charge in [-0.25, -0.2) is 0 Å². The molecule has 33 heavy (non-hydrogen) atoms. The lowest BCUT2D eigenvalue weighted by Gasteiger charge is -2.22.